The van der Waals surface area contributed by atoms with E-state index in [1.165, 1.54) is 34.9 Å². The van der Waals surface area contributed by atoms with E-state index in [-0.39, 0.29) is 88.4 Å². The number of amides is 2. The molecule has 0 aliphatic carbocycles. The first-order valence-corrected chi connectivity index (χ1v) is 13.0. The molecule has 1 unspecified atom stereocenters. The fourth-order valence-electron chi connectivity index (χ4n) is 3.22. The van der Waals surface area contributed by atoms with Crippen LogP contribution in [0.3, 0.4) is 0 Å². The van der Waals surface area contributed by atoms with Crippen molar-refractivity contribution in [1.82, 2.24) is 25.4 Å². The number of nitrogens with zero attached hydrogens (tertiary/aromatic N) is 4. The van der Waals surface area contributed by atoms with Crippen LogP contribution in [0, 0.1) is 0 Å². The molecule has 2 aliphatic heterocycles. The zero-order valence-corrected chi connectivity index (χ0v) is 25.8. The Hall–Kier alpha value is -0.690. The predicted octanol–water partition coefficient (Wildman–Crippen LogP) is -8.38. The van der Waals surface area contributed by atoms with Crippen molar-refractivity contribution in [2.24, 2.45) is 0 Å². The van der Waals surface area contributed by atoms with Gasteiger partial charge in [-0.25, -0.2) is 4.98 Å². The molecule has 2 aromatic rings. The molecule has 4 rings (SSSR count). The topological polar surface area (TPSA) is 194 Å². The van der Waals surface area contributed by atoms with Crippen molar-refractivity contribution in [3.63, 3.8) is 0 Å². The minimum Gasteiger partial charge on any atom is -0.550 e. The molecule has 12 nitrogen and oxygen atoms in total. The van der Waals surface area contributed by atoms with E-state index >= 15 is 0 Å². The number of nitrogens with two attached hydrogens (primary N) is 1. The molecule has 2 aromatic heterocycles. The first-order chi connectivity index (χ1) is 15.7. The summed E-state index contributed by atoms with van der Waals surface area (Å²) in [6, 6.07) is -0.850. The number of anilines is 1. The summed E-state index contributed by atoms with van der Waals surface area (Å²) >= 11 is 4.79. The van der Waals surface area contributed by atoms with Crippen LogP contribution in [0.5, 0.6) is 0 Å². The molecule has 0 bridgehead atoms. The van der Waals surface area contributed by atoms with Crippen LogP contribution in [0.25, 0.3) is 0 Å². The van der Waals surface area contributed by atoms with E-state index in [4.69, 9.17) is 5.73 Å². The molecular weight excluding hydrogens is 558 g/mol. The summed E-state index contributed by atoms with van der Waals surface area (Å²) in [6.45, 7) is 0. The molecule has 18 heteroatoms. The van der Waals surface area contributed by atoms with E-state index in [1.54, 1.807) is 5.38 Å². The van der Waals surface area contributed by atoms with Gasteiger partial charge >= 0.3 is 59.1 Å². The molecule has 2 amide bonds. The Kier molecular flexibility index (Phi) is 11.5. The molecule has 0 aromatic carbocycles. The number of nitrogens with one attached hydrogen (secondary N) is 1. The van der Waals surface area contributed by atoms with Crippen LogP contribution < -0.4 is 80.4 Å². The summed E-state index contributed by atoms with van der Waals surface area (Å²) in [5.41, 5.74) is 6.29. The number of carbonyl (C=O) groups excluding carboxylic acids is 4. The molecule has 0 radical (unpaired) electrons. The first kappa shape index (κ1) is 30.5. The Morgan fingerprint density at radius 1 is 1.23 bits per heavy atom. The van der Waals surface area contributed by atoms with Crippen LogP contribution in [0.4, 0.5) is 5.13 Å². The van der Waals surface area contributed by atoms with Crippen molar-refractivity contribution in [2.45, 2.75) is 28.6 Å². The van der Waals surface area contributed by atoms with E-state index in [9.17, 15) is 29.4 Å². The second-order valence-corrected chi connectivity index (χ2v) is 11.1. The van der Waals surface area contributed by atoms with Crippen LogP contribution in [0.1, 0.15) is 10.7 Å². The maximum atomic E-state index is 12.7. The van der Waals surface area contributed by atoms with E-state index < -0.39 is 35.2 Å². The third kappa shape index (κ3) is 7.21. The average molecular weight is 573 g/mol. The van der Waals surface area contributed by atoms with Crippen LogP contribution >= 0.6 is 46.2 Å². The van der Waals surface area contributed by atoms with Gasteiger partial charge in [0.15, 0.2) is 9.47 Å². The van der Waals surface area contributed by atoms with Gasteiger partial charge in [0.2, 0.25) is 5.91 Å². The number of hydrogen-bond donors (Lipinski definition) is 2. The molecule has 35 heavy (non-hydrogen) atoms. The van der Waals surface area contributed by atoms with Gasteiger partial charge in [-0.2, -0.15) is 0 Å². The quantitative estimate of drug-likeness (QED) is 0.164. The van der Waals surface area contributed by atoms with Crippen molar-refractivity contribution in [3.8, 4) is 0 Å². The van der Waals surface area contributed by atoms with E-state index in [1.807, 2.05) is 0 Å². The number of nitrogen functional groups attached to an aromatic ring is 1. The number of carboxylic acid groups (broad SMARTS) is 2. The summed E-state index contributed by atoms with van der Waals surface area (Å²) < 4.78 is 0.464. The van der Waals surface area contributed by atoms with Gasteiger partial charge in [0.25, 0.3) is 5.91 Å². The maximum Gasteiger partial charge on any atom is 1.00 e. The number of hydrogen-bond acceptors (Lipinski definition) is 14. The Labute approximate surface area is 259 Å². The molecule has 2 atom stereocenters. The Morgan fingerprint density at radius 2 is 1.97 bits per heavy atom. The summed E-state index contributed by atoms with van der Waals surface area (Å²) in [5, 5.41) is 34.5. The summed E-state index contributed by atoms with van der Waals surface area (Å²) in [5.74, 6) is -3.19. The maximum absolute atomic E-state index is 12.7. The number of thiazole rings is 1. The monoisotopic (exact) mass is 572 g/mol. The molecule has 0 saturated carbocycles. The molecule has 4 heterocycles. The van der Waals surface area contributed by atoms with Gasteiger partial charge in [0.05, 0.1) is 23.8 Å². The fourth-order valence-corrected chi connectivity index (χ4v) is 7.14. The minimum absolute atomic E-state index is 0. The number of aromatic nitrogens is 3. The van der Waals surface area contributed by atoms with Gasteiger partial charge in [-0.3, -0.25) is 14.5 Å². The number of fused-ring (bicyclic) bond motifs is 1. The number of thioether (sulfide) groups is 2. The standard InChI is InChI=1S/C17H16N6O6S4.2Na/c18-16-19-7(5-31-16)1-8(24)20-11-13(27)23-12(15(28)29)6(3-30-14(11)23)4-32-17-22-21-9(33-17)2-10(25)26;;/h5,11,14H,1-4H2,(H2,18,19)(H,20,24)(H,25,26)(H,28,29);;/q;2*+1/p-2/t11?,14-;;/m1../s1. The number of aliphatic carboxylic acids is 2. The third-order valence-electron chi connectivity index (χ3n) is 4.58. The molecule has 174 valence electrons. The van der Waals surface area contributed by atoms with E-state index in [0.717, 1.165) is 16.2 Å². The number of rotatable bonds is 9. The van der Waals surface area contributed by atoms with E-state index in [2.05, 4.69) is 20.5 Å². The summed E-state index contributed by atoms with van der Waals surface area (Å²) in [4.78, 5) is 52.6. The van der Waals surface area contributed by atoms with Gasteiger partial charge in [0, 0.05) is 29.3 Å². The van der Waals surface area contributed by atoms with Crippen molar-refractivity contribution in [1.29, 1.82) is 0 Å². The molecule has 2 aliphatic rings. The van der Waals surface area contributed by atoms with Gasteiger partial charge in [-0.05, 0) is 5.57 Å². The molecule has 3 N–H and O–H groups in total. The van der Waals surface area contributed by atoms with Crippen LogP contribution in [-0.2, 0) is 32.0 Å². The van der Waals surface area contributed by atoms with Gasteiger partial charge in [-0.15, -0.1) is 33.3 Å². The zero-order valence-electron chi connectivity index (χ0n) is 18.5. The summed E-state index contributed by atoms with van der Waals surface area (Å²) in [7, 11) is 0. The molecular formula is C17H14N6Na2O6S4. The second kappa shape index (κ2) is 13.2. The molecule has 1 saturated heterocycles. The fraction of sp³-hybridized carbons (Fsp3) is 0.353. The third-order valence-corrected chi connectivity index (χ3v) is 8.79. The normalized spacial score (nSPS) is 18.6. The Bertz CT molecular complexity index is 1170. The largest absolute Gasteiger partial charge is 1.00 e. The minimum atomic E-state index is -1.48. The first-order valence-electron chi connectivity index (χ1n) is 9.25. The Balaban J connectivity index is 0.00000216. The van der Waals surface area contributed by atoms with Crippen molar-refractivity contribution < 1.29 is 88.5 Å². The SMILES string of the molecule is Nc1nc(CC(=O)NC2C(=O)N3C(C(=O)[O-])=C(CSc4nnc(CC(=O)[O-])s4)CS[C@H]23)cs1.[Na+].[Na+]. The van der Waals surface area contributed by atoms with Crippen molar-refractivity contribution >= 4 is 75.1 Å². The van der Waals surface area contributed by atoms with Crippen molar-refractivity contribution in [3.05, 3.63) is 27.4 Å². The van der Waals surface area contributed by atoms with Gasteiger partial charge in [-0.1, -0.05) is 23.1 Å². The van der Waals surface area contributed by atoms with Crippen LogP contribution in [0.2, 0.25) is 0 Å². The molecule has 1 fully saturated rings. The number of carbonyl (C=O) groups is 4. The summed E-state index contributed by atoms with van der Waals surface area (Å²) in [6.07, 6.45) is -0.393. The zero-order chi connectivity index (χ0) is 23.7. The predicted molar refractivity (Wildman–Crippen MR) is 117 cm³/mol. The average Bonchev–Trinajstić information content (AvgIpc) is 3.37. The number of carboxylic acids is 2. The van der Waals surface area contributed by atoms with Crippen molar-refractivity contribution in [2.75, 3.05) is 17.2 Å². The smallest absolute Gasteiger partial charge is 0.550 e. The van der Waals surface area contributed by atoms with Gasteiger partial charge < -0.3 is 30.9 Å². The second-order valence-electron chi connectivity index (χ2n) is 6.85. The van der Waals surface area contributed by atoms with Gasteiger partial charge in [0.1, 0.15) is 16.4 Å². The Morgan fingerprint density at radius 3 is 2.60 bits per heavy atom. The van der Waals surface area contributed by atoms with E-state index in [0.29, 0.717) is 26.5 Å². The van der Waals surface area contributed by atoms with Crippen LogP contribution in [0.15, 0.2) is 21.0 Å². The molecule has 0 spiro atoms. The number of β-lactam (4-membered cyclic amide) rings is 1. The van der Waals surface area contributed by atoms with Crippen LogP contribution in [-0.4, -0.2) is 66.8 Å².